The number of aromatic carboxylic acids is 1. The van der Waals surface area contributed by atoms with Crippen LogP contribution >= 0.6 is 0 Å². The topological polar surface area (TPSA) is 52.6 Å². The van der Waals surface area contributed by atoms with E-state index in [9.17, 15) is 4.79 Å². The lowest BCUT2D eigenvalue weighted by molar-refractivity contribution is 0.0696. The summed E-state index contributed by atoms with van der Waals surface area (Å²) in [6.07, 6.45) is 2.67. The van der Waals surface area contributed by atoms with Crippen molar-refractivity contribution in [1.29, 1.82) is 0 Å². The maximum absolute atomic E-state index is 11.0. The normalized spacial score (nSPS) is 18.0. The van der Waals surface area contributed by atoms with Crippen LogP contribution in [0.3, 0.4) is 0 Å². The number of nitrogens with one attached hydrogen (secondary N) is 1. The number of nitrogens with zero attached hydrogens (tertiary/aromatic N) is 1. The zero-order valence-electron chi connectivity index (χ0n) is 15.4. The summed E-state index contributed by atoms with van der Waals surface area (Å²) in [4.78, 5) is 13.6. The second kappa shape index (κ2) is 8.97. The Morgan fingerprint density at radius 1 is 1.12 bits per heavy atom. The quantitative estimate of drug-likeness (QED) is 0.793. The Kier molecular flexibility index (Phi) is 6.42. The molecule has 2 N–H and O–H groups in total. The predicted octanol–water partition coefficient (Wildman–Crippen LogP) is 3.91. The highest BCUT2D eigenvalue weighted by Crippen LogP contribution is 2.18. The largest absolute Gasteiger partial charge is 0.478 e. The van der Waals surface area contributed by atoms with Gasteiger partial charge in [0.05, 0.1) is 5.56 Å². The first-order chi connectivity index (χ1) is 12.6. The number of rotatable bonds is 7. The maximum atomic E-state index is 11.0. The SMILES string of the molecule is CC1CCCN(Cc2ccc(CNCc3cccc(C(=O)O)c3)cc2)C1. The third-order valence-corrected chi connectivity index (χ3v) is 5.00. The monoisotopic (exact) mass is 352 g/mol. The van der Waals surface area contributed by atoms with Crippen LogP contribution in [-0.4, -0.2) is 29.1 Å². The van der Waals surface area contributed by atoms with Crippen LogP contribution in [0.1, 0.15) is 46.8 Å². The average molecular weight is 352 g/mol. The third-order valence-electron chi connectivity index (χ3n) is 5.00. The number of benzene rings is 2. The Morgan fingerprint density at radius 3 is 2.58 bits per heavy atom. The summed E-state index contributed by atoms with van der Waals surface area (Å²) in [5.41, 5.74) is 3.94. The summed E-state index contributed by atoms with van der Waals surface area (Å²) in [5, 5.41) is 12.4. The van der Waals surface area contributed by atoms with Gasteiger partial charge in [0, 0.05) is 26.2 Å². The van der Waals surface area contributed by atoms with Gasteiger partial charge >= 0.3 is 5.97 Å². The lowest BCUT2D eigenvalue weighted by Crippen LogP contribution is -2.33. The molecular weight excluding hydrogens is 324 g/mol. The van der Waals surface area contributed by atoms with Gasteiger partial charge in [0.25, 0.3) is 0 Å². The highest BCUT2D eigenvalue weighted by Gasteiger charge is 2.16. The molecule has 0 amide bonds. The minimum Gasteiger partial charge on any atom is -0.478 e. The van der Waals surface area contributed by atoms with Gasteiger partial charge in [0.1, 0.15) is 0 Å². The van der Waals surface area contributed by atoms with E-state index >= 15 is 0 Å². The minimum atomic E-state index is -0.884. The molecule has 0 aliphatic carbocycles. The van der Waals surface area contributed by atoms with Crippen molar-refractivity contribution in [2.75, 3.05) is 13.1 Å². The van der Waals surface area contributed by atoms with Crippen LogP contribution in [-0.2, 0) is 19.6 Å². The van der Waals surface area contributed by atoms with Crippen LogP contribution in [0.4, 0.5) is 0 Å². The van der Waals surface area contributed by atoms with Crippen molar-refractivity contribution in [2.24, 2.45) is 5.92 Å². The smallest absolute Gasteiger partial charge is 0.335 e. The van der Waals surface area contributed by atoms with E-state index in [-0.39, 0.29) is 0 Å². The summed E-state index contributed by atoms with van der Waals surface area (Å²) in [6.45, 7) is 7.24. The molecule has 1 unspecified atom stereocenters. The van der Waals surface area contributed by atoms with E-state index in [4.69, 9.17) is 5.11 Å². The molecule has 0 bridgehead atoms. The van der Waals surface area contributed by atoms with Crippen molar-refractivity contribution in [1.82, 2.24) is 10.2 Å². The molecule has 0 radical (unpaired) electrons. The van der Waals surface area contributed by atoms with Gasteiger partial charge in [-0.25, -0.2) is 4.79 Å². The van der Waals surface area contributed by atoms with Crippen molar-refractivity contribution in [3.05, 3.63) is 70.8 Å². The lowest BCUT2D eigenvalue weighted by Gasteiger charge is -2.30. The van der Waals surface area contributed by atoms with Crippen molar-refractivity contribution in [3.63, 3.8) is 0 Å². The molecular formula is C22H28N2O2. The third kappa shape index (κ3) is 5.41. The molecule has 4 heteroatoms. The number of carboxylic acids is 1. The van der Waals surface area contributed by atoms with Gasteiger partial charge in [0.2, 0.25) is 0 Å². The van der Waals surface area contributed by atoms with Crippen molar-refractivity contribution in [2.45, 2.75) is 39.4 Å². The summed E-state index contributed by atoms with van der Waals surface area (Å²) in [6, 6.07) is 15.9. The van der Waals surface area contributed by atoms with E-state index in [0.29, 0.717) is 12.1 Å². The van der Waals surface area contributed by atoms with Crippen molar-refractivity contribution in [3.8, 4) is 0 Å². The Morgan fingerprint density at radius 2 is 1.85 bits per heavy atom. The summed E-state index contributed by atoms with van der Waals surface area (Å²) >= 11 is 0. The predicted molar refractivity (Wildman–Crippen MR) is 104 cm³/mol. The molecule has 2 aromatic carbocycles. The zero-order chi connectivity index (χ0) is 18.4. The first-order valence-corrected chi connectivity index (χ1v) is 9.43. The first-order valence-electron chi connectivity index (χ1n) is 9.43. The van der Waals surface area contributed by atoms with Crippen LogP contribution in [0.15, 0.2) is 48.5 Å². The second-order valence-corrected chi connectivity index (χ2v) is 7.41. The van der Waals surface area contributed by atoms with Gasteiger partial charge in [0.15, 0.2) is 0 Å². The number of hydrogen-bond acceptors (Lipinski definition) is 3. The van der Waals surface area contributed by atoms with E-state index in [2.05, 4.69) is 41.4 Å². The molecule has 138 valence electrons. The Bertz CT molecular complexity index is 727. The molecule has 1 aliphatic heterocycles. The fourth-order valence-corrected chi connectivity index (χ4v) is 3.62. The van der Waals surface area contributed by atoms with Crippen LogP contribution in [0.5, 0.6) is 0 Å². The van der Waals surface area contributed by atoms with Gasteiger partial charge in [-0.15, -0.1) is 0 Å². The Hall–Kier alpha value is -2.17. The molecule has 4 nitrogen and oxygen atoms in total. The molecule has 1 aliphatic rings. The summed E-state index contributed by atoms with van der Waals surface area (Å²) < 4.78 is 0. The Balaban J connectivity index is 1.47. The van der Waals surface area contributed by atoms with Gasteiger partial charge in [-0.1, -0.05) is 43.3 Å². The van der Waals surface area contributed by atoms with Gasteiger partial charge in [-0.2, -0.15) is 0 Å². The van der Waals surface area contributed by atoms with E-state index < -0.39 is 5.97 Å². The lowest BCUT2D eigenvalue weighted by atomic mass is 9.99. The number of carboxylic acid groups (broad SMARTS) is 1. The molecule has 1 heterocycles. The van der Waals surface area contributed by atoms with Crippen molar-refractivity contribution >= 4 is 5.97 Å². The highest BCUT2D eigenvalue weighted by atomic mass is 16.4. The zero-order valence-corrected chi connectivity index (χ0v) is 15.4. The van der Waals surface area contributed by atoms with Crippen LogP contribution in [0.2, 0.25) is 0 Å². The van der Waals surface area contributed by atoms with E-state index in [0.717, 1.165) is 24.6 Å². The fraction of sp³-hybridized carbons (Fsp3) is 0.409. The second-order valence-electron chi connectivity index (χ2n) is 7.41. The maximum Gasteiger partial charge on any atom is 0.335 e. The minimum absolute atomic E-state index is 0.334. The summed E-state index contributed by atoms with van der Waals surface area (Å²) in [5.74, 6) is -0.0719. The van der Waals surface area contributed by atoms with E-state index in [1.807, 2.05) is 6.07 Å². The fourth-order valence-electron chi connectivity index (χ4n) is 3.62. The average Bonchev–Trinajstić information content (AvgIpc) is 2.63. The molecule has 2 aromatic rings. The van der Waals surface area contributed by atoms with Gasteiger partial charge in [-0.3, -0.25) is 4.90 Å². The molecule has 0 spiro atoms. The number of carbonyl (C=O) groups is 1. The van der Waals surface area contributed by atoms with Gasteiger partial charge in [-0.05, 0) is 54.1 Å². The number of piperidine rings is 1. The molecule has 0 aromatic heterocycles. The molecule has 1 atom stereocenters. The summed E-state index contributed by atoms with van der Waals surface area (Å²) in [7, 11) is 0. The molecule has 26 heavy (non-hydrogen) atoms. The first kappa shape index (κ1) is 18.6. The molecule has 3 rings (SSSR count). The number of hydrogen-bond donors (Lipinski definition) is 2. The van der Waals surface area contributed by atoms with Crippen molar-refractivity contribution < 1.29 is 9.90 Å². The highest BCUT2D eigenvalue weighted by molar-refractivity contribution is 5.87. The van der Waals surface area contributed by atoms with Crippen LogP contribution in [0, 0.1) is 5.92 Å². The van der Waals surface area contributed by atoms with Crippen LogP contribution in [0.25, 0.3) is 0 Å². The number of likely N-dealkylation sites (tertiary alicyclic amines) is 1. The standard InChI is InChI=1S/C22H28N2O2/c1-17-4-3-11-24(15-17)16-19-9-7-18(8-10-19)13-23-14-20-5-2-6-21(12-20)22(25)26/h2,5-10,12,17,23H,3-4,11,13-16H2,1H3,(H,25,26). The molecule has 1 saturated heterocycles. The van der Waals surface area contributed by atoms with E-state index in [1.165, 1.54) is 37.1 Å². The molecule has 1 fully saturated rings. The van der Waals surface area contributed by atoms with E-state index in [1.54, 1.807) is 18.2 Å². The Labute approximate surface area is 155 Å². The van der Waals surface area contributed by atoms with Gasteiger partial charge < -0.3 is 10.4 Å². The molecule has 0 saturated carbocycles. The van der Waals surface area contributed by atoms with Crippen LogP contribution < -0.4 is 5.32 Å².